The average molecular weight is 280 g/mol. The molecule has 1 aliphatic heterocycles. The molecule has 1 saturated heterocycles. The fraction of sp³-hybridized carbons (Fsp3) is 0.714. The molecule has 0 aliphatic carbocycles. The van der Waals surface area contributed by atoms with Crippen molar-refractivity contribution in [3.05, 3.63) is 6.33 Å². The Balaban J connectivity index is 1.82. The molecule has 0 radical (unpaired) electrons. The molecule has 1 aliphatic rings. The number of nitrogens with zero attached hydrogens (tertiary/aromatic N) is 2. The number of nitrogens with two attached hydrogens (primary N) is 1. The van der Waals surface area contributed by atoms with Crippen LogP contribution in [0.1, 0.15) is 39.0 Å². The number of hydrogen-bond acceptors (Lipinski definition) is 6. The Labute approximate surface area is 120 Å². The van der Waals surface area contributed by atoms with E-state index in [0.29, 0.717) is 30.1 Å². The summed E-state index contributed by atoms with van der Waals surface area (Å²) in [5.41, 5.74) is 6.48. The van der Waals surface area contributed by atoms with Crippen molar-refractivity contribution in [2.45, 2.75) is 45.1 Å². The first-order chi connectivity index (χ1) is 9.81. The number of nitrogen functional groups attached to an aromatic ring is 1. The molecule has 112 valence electrons. The van der Waals surface area contributed by atoms with E-state index in [1.165, 1.54) is 19.2 Å². The lowest BCUT2D eigenvalue weighted by atomic mass is 10.1. The molecular formula is C14H24N4O2. The summed E-state index contributed by atoms with van der Waals surface area (Å²) >= 11 is 0. The van der Waals surface area contributed by atoms with Crippen molar-refractivity contribution in [3.63, 3.8) is 0 Å². The van der Waals surface area contributed by atoms with Gasteiger partial charge in [-0.2, -0.15) is 4.98 Å². The minimum Gasteiger partial charge on any atom is -0.476 e. The van der Waals surface area contributed by atoms with Gasteiger partial charge in [-0.25, -0.2) is 4.98 Å². The fourth-order valence-electron chi connectivity index (χ4n) is 2.22. The van der Waals surface area contributed by atoms with Crippen LogP contribution >= 0.6 is 0 Å². The molecule has 0 spiro atoms. The van der Waals surface area contributed by atoms with Crippen LogP contribution in [-0.4, -0.2) is 35.8 Å². The zero-order chi connectivity index (χ0) is 14.2. The highest BCUT2D eigenvalue weighted by molar-refractivity contribution is 5.66. The van der Waals surface area contributed by atoms with Gasteiger partial charge in [-0.1, -0.05) is 6.92 Å². The van der Waals surface area contributed by atoms with Crippen LogP contribution in [0, 0.1) is 0 Å². The standard InChI is InChI=1S/C14H24N4O2/c1-2-8-20-14-12(15)13(17-10-18-14)16-7-6-11-5-3-4-9-19-11/h10-11H,2-9,15H2,1H3,(H,16,17,18). The molecule has 3 N–H and O–H groups in total. The summed E-state index contributed by atoms with van der Waals surface area (Å²) in [5, 5.41) is 3.24. The Morgan fingerprint density at radius 1 is 1.45 bits per heavy atom. The lowest BCUT2D eigenvalue weighted by molar-refractivity contribution is 0.0134. The maximum atomic E-state index is 6.00. The van der Waals surface area contributed by atoms with Gasteiger partial charge in [0.25, 0.3) is 0 Å². The summed E-state index contributed by atoms with van der Waals surface area (Å²) in [5.74, 6) is 1.10. The number of ether oxygens (including phenoxy) is 2. The van der Waals surface area contributed by atoms with E-state index in [0.717, 1.165) is 32.4 Å². The van der Waals surface area contributed by atoms with Crippen LogP contribution < -0.4 is 15.8 Å². The molecule has 20 heavy (non-hydrogen) atoms. The third-order valence-corrected chi connectivity index (χ3v) is 3.32. The van der Waals surface area contributed by atoms with Crippen LogP contribution in [0.2, 0.25) is 0 Å². The van der Waals surface area contributed by atoms with Gasteiger partial charge in [-0.15, -0.1) is 0 Å². The predicted octanol–water partition coefficient (Wildman–Crippen LogP) is 2.22. The summed E-state index contributed by atoms with van der Waals surface area (Å²) in [7, 11) is 0. The van der Waals surface area contributed by atoms with E-state index in [1.54, 1.807) is 0 Å². The van der Waals surface area contributed by atoms with E-state index in [4.69, 9.17) is 15.2 Å². The Kier molecular flexibility index (Phi) is 5.86. The summed E-state index contributed by atoms with van der Waals surface area (Å²) in [6, 6.07) is 0. The van der Waals surface area contributed by atoms with Crippen molar-refractivity contribution in [2.24, 2.45) is 0 Å². The number of hydrogen-bond donors (Lipinski definition) is 2. The molecular weight excluding hydrogens is 256 g/mol. The Bertz CT molecular complexity index is 408. The van der Waals surface area contributed by atoms with Crippen LogP contribution in [-0.2, 0) is 4.74 Å². The Morgan fingerprint density at radius 2 is 2.35 bits per heavy atom. The maximum absolute atomic E-state index is 6.00. The highest BCUT2D eigenvalue weighted by atomic mass is 16.5. The molecule has 1 unspecified atom stereocenters. The van der Waals surface area contributed by atoms with Gasteiger partial charge in [0.05, 0.1) is 12.7 Å². The van der Waals surface area contributed by atoms with E-state index in [-0.39, 0.29) is 0 Å². The quantitative estimate of drug-likeness (QED) is 0.797. The average Bonchev–Trinajstić information content (AvgIpc) is 2.49. The lowest BCUT2D eigenvalue weighted by Gasteiger charge is -2.22. The van der Waals surface area contributed by atoms with Gasteiger partial charge in [0.1, 0.15) is 12.0 Å². The van der Waals surface area contributed by atoms with E-state index in [1.807, 2.05) is 6.92 Å². The maximum Gasteiger partial charge on any atom is 0.242 e. The van der Waals surface area contributed by atoms with Gasteiger partial charge in [0.2, 0.25) is 5.88 Å². The Morgan fingerprint density at radius 3 is 3.10 bits per heavy atom. The highest BCUT2D eigenvalue weighted by Gasteiger charge is 2.14. The van der Waals surface area contributed by atoms with Crippen LogP contribution in [0.3, 0.4) is 0 Å². The van der Waals surface area contributed by atoms with Gasteiger partial charge in [-0.05, 0) is 32.1 Å². The number of anilines is 2. The third kappa shape index (κ3) is 4.23. The number of nitrogens with one attached hydrogen (secondary N) is 1. The molecule has 2 heterocycles. The SMILES string of the molecule is CCCOc1ncnc(NCCC2CCCCO2)c1N. The van der Waals surface area contributed by atoms with Crippen molar-refractivity contribution in [2.75, 3.05) is 30.8 Å². The van der Waals surface area contributed by atoms with Crippen LogP contribution in [0.15, 0.2) is 6.33 Å². The molecule has 0 aromatic carbocycles. The topological polar surface area (TPSA) is 82.3 Å². The predicted molar refractivity (Wildman–Crippen MR) is 78.9 cm³/mol. The second-order valence-electron chi connectivity index (χ2n) is 4.99. The van der Waals surface area contributed by atoms with Gasteiger partial charge in [-0.3, -0.25) is 0 Å². The minimum absolute atomic E-state index is 0.357. The molecule has 6 heteroatoms. The van der Waals surface area contributed by atoms with Crippen molar-refractivity contribution < 1.29 is 9.47 Å². The van der Waals surface area contributed by atoms with Gasteiger partial charge >= 0.3 is 0 Å². The summed E-state index contributed by atoms with van der Waals surface area (Å²) in [6.07, 6.45) is 7.30. The second kappa shape index (κ2) is 7.89. The molecule has 0 amide bonds. The van der Waals surface area contributed by atoms with Gasteiger partial charge in [0.15, 0.2) is 5.82 Å². The largest absolute Gasteiger partial charge is 0.476 e. The lowest BCUT2D eigenvalue weighted by Crippen LogP contribution is -2.22. The van der Waals surface area contributed by atoms with Crippen molar-refractivity contribution in [1.29, 1.82) is 0 Å². The van der Waals surface area contributed by atoms with E-state index < -0.39 is 0 Å². The molecule has 1 aromatic rings. The third-order valence-electron chi connectivity index (χ3n) is 3.32. The zero-order valence-corrected chi connectivity index (χ0v) is 12.1. The van der Waals surface area contributed by atoms with E-state index in [9.17, 15) is 0 Å². The van der Waals surface area contributed by atoms with Gasteiger partial charge in [0, 0.05) is 13.2 Å². The second-order valence-corrected chi connectivity index (χ2v) is 4.99. The molecule has 0 bridgehead atoms. The highest BCUT2D eigenvalue weighted by Crippen LogP contribution is 2.25. The first kappa shape index (κ1) is 14.8. The van der Waals surface area contributed by atoms with Crippen LogP contribution in [0.5, 0.6) is 5.88 Å². The van der Waals surface area contributed by atoms with E-state index in [2.05, 4.69) is 15.3 Å². The number of rotatable bonds is 7. The molecule has 1 fully saturated rings. The monoisotopic (exact) mass is 280 g/mol. The molecule has 1 atom stereocenters. The molecule has 6 nitrogen and oxygen atoms in total. The fourth-order valence-corrected chi connectivity index (χ4v) is 2.22. The van der Waals surface area contributed by atoms with Crippen molar-refractivity contribution in [1.82, 2.24) is 9.97 Å². The molecule has 1 aromatic heterocycles. The van der Waals surface area contributed by atoms with Crippen molar-refractivity contribution in [3.8, 4) is 5.88 Å². The summed E-state index contributed by atoms with van der Waals surface area (Å²) < 4.78 is 11.2. The van der Waals surface area contributed by atoms with Gasteiger partial charge < -0.3 is 20.5 Å². The van der Waals surface area contributed by atoms with E-state index >= 15 is 0 Å². The smallest absolute Gasteiger partial charge is 0.242 e. The van der Waals surface area contributed by atoms with Crippen LogP contribution in [0.4, 0.5) is 11.5 Å². The molecule has 2 rings (SSSR count). The molecule has 0 saturated carbocycles. The minimum atomic E-state index is 0.357. The Hall–Kier alpha value is -1.56. The number of aromatic nitrogens is 2. The normalized spacial score (nSPS) is 18.8. The van der Waals surface area contributed by atoms with Crippen molar-refractivity contribution >= 4 is 11.5 Å². The zero-order valence-electron chi connectivity index (χ0n) is 12.1. The first-order valence-corrected chi connectivity index (χ1v) is 7.40. The van der Waals surface area contributed by atoms with Crippen LogP contribution in [0.25, 0.3) is 0 Å². The first-order valence-electron chi connectivity index (χ1n) is 7.40. The summed E-state index contributed by atoms with van der Waals surface area (Å²) in [4.78, 5) is 8.21. The summed E-state index contributed by atoms with van der Waals surface area (Å²) in [6.45, 7) is 4.33.